The van der Waals surface area contributed by atoms with Crippen LogP contribution in [0.3, 0.4) is 0 Å². The van der Waals surface area contributed by atoms with Crippen LogP contribution in [0.25, 0.3) is 0 Å². The van der Waals surface area contributed by atoms with Gasteiger partial charge in [-0.05, 0) is 14.1 Å². The van der Waals surface area contributed by atoms with Crippen molar-refractivity contribution in [2.45, 2.75) is 5.72 Å². The van der Waals surface area contributed by atoms with E-state index in [1.165, 1.54) is 0 Å². The molecular weight excluding hydrogens is 250 g/mol. The first-order chi connectivity index (χ1) is 9.63. The number of likely N-dealkylation sites (N-methyl/N-ethyl adjacent to an activating group) is 1. The summed E-state index contributed by atoms with van der Waals surface area (Å²) in [5, 5.41) is 0. The molecule has 20 heavy (non-hydrogen) atoms. The normalized spacial score (nSPS) is 14.0. The van der Waals surface area contributed by atoms with Crippen molar-refractivity contribution in [3.05, 3.63) is 71.8 Å². The zero-order valence-electron chi connectivity index (χ0n) is 12.0. The van der Waals surface area contributed by atoms with Crippen LogP contribution in [0, 0.1) is 0 Å². The Balaban J connectivity index is 2.56. The minimum absolute atomic E-state index is 0.0724. The molecule has 2 aromatic carbocycles. The van der Waals surface area contributed by atoms with Crippen molar-refractivity contribution in [2.75, 3.05) is 21.2 Å². The highest BCUT2D eigenvalue weighted by molar-refractivity contribution is 6.02. The molecular formula is C17H19NO2. The monoisotopic (exact) mass is 269 g/mol. The summed E-state index contributed by atoms with van der Waals surface area (Å²) in [5.74, 6) is -0.0724. The van der Waals surface area contributed by atoms with Crippen molar-refractivity contribution in [1.82, 2.24) is 4.90 Å². The van der Waals surface area contributed by atoms with E-state index in [1.54, 1.807) is 12.0 Å². The maximum absolute atomic E-state index is 13.0. The van der Waals surface area contributed by atoms with E-state index < -0.39 is 5.72 Å². The summed E-state index contributed by atoms with van der Waals surface area (Å²) >= 11 is 0. The van der Waals surface area contributed by atoms with Crippen LogP contribution >= 0.6 is 0 Å². The number of ether oxygens (including phenoxy) is 1. The lowest BCUT2D eigenvalue weighted by Crippen LogP contribution is -2.50. The first-order valence-electron chi connectivity index (χ1n) is 6.51. The number of benzene rings is 2. The first kappa shape index (κ1) is 14.4. The van der Waals surface area contributed by atoms with Crippen LogP contribution < -0.4 is 0 Å². The number of hydrogen-bond donors (Lipinski definition) is 0. The molecule has 0 fully saturated rings. The van der Waals surface area contributed by atoms with Gasteiger partial charge in [-0.25, -0.2) is 0 Å². The topological polar surface area (TPSA) is 29.5 Å². The average molecular weight is 269 g/mol. The largest absolute Gasteiger partial charge is 0.352 e. The minimum Gasteiger partial charge on any atom is -0.352 e. The molecule has 0 amide bonds. The highest BCUT2D eigenvalue weighted by Crippen LogP contribution is 2.31. The predicted octanol–water partition coefficient (Wildman–Crippen LogP) is 2.93. The highest BCUT2D eigenvalue weighted by Gasteiger charge is 2.43. The van der Waals surface area contributed by atoms with Gasteiger partial charge in [-0.1, -0.05) is 60.7 Å². The maximum Gasteiger partial charge on any atom is 0.214 e. The van der Waals surface area contributed by atoms with Gasteiger partial charge in [0.15, 0.2) is 0 Å². The van der Waals surface area contributed by atoms with Crippen LogP contribution in [-0.4, -0.2) is 31.9 Å². The van der Waals surface area contributed by atoms with Crippen molar-refractivity contribution < 1.29 is 9.53 Å². The molecule has 0 aliphatic rings. The fourth-order valence-electron chi connectivity index (χ4n) is 2.43. The van der Waals surface area contributed by atoms with Gasteiger partial charge < -0.3 is 4.74 Å². The zero-order chi connectivity index (χ0) is 14.6. The van der Waals surface area contributed by atoms with Crippen molar-refractivity contribution >= 4 is 5.78 Å². The lowest BCUT2D eigenvalue weighted by Gasteiger charge is -2.37. The van der Waals surface area contributed by atoms with Crippen LogP contribution in [0.5, 0.6) is 0 Å². The minimum atomic E-state index is -1.11. The Morgan fingerprint density at radius 3 is 1.90 bits per heavy atom. The van der Waals surface area contributed by atoms with Gasteiger partial charge in [0.25, 0.3) is 0 Å². The number of carbonyl (C=O) groups is 1. The predicted molar refractivity (Wildman–Crippen MR) is 79.6 cm³/mol. The number of methoxy groups -OCH3 is 1. The van der Waals surface area contributed by atoms with Gasteiger partial charge in [-0.15, -0.1) is 0 Å². The van der Waals surface area contributed by atoms with Gasteiger partial charge in [-0.3, -0.25) is 9.69 Å². The molecule has 0 heterocycles. The van der Waals surface area contributed by atoms with E-state index in [9.17, 15) is 4.79 Å². The lowest BCUT2D eigenvalue weighted by molar-refractivity contribution is -0.0875. The molecule has 104 valence electrons. The summed E-state index contributed by atoms with van der Waals surface area (Å²) in [6.45, 7) is 0. The van der Waals surface area contributed by atoms with Crippen LogP contribution in [0.15, 0.2) is 60.7 Å². The van der Waals surface area contributed by atoms with Gasteiger partial charge in [0.1, 0.15) is 0 Å². The molecule has 0 aliphatic carbocycles. The summed E-state index contributed by atoms with van der Waals surface area (Å²) in [5.41, 5.74) is 0.344. The van der Waals surface area contributed by atoms with Gasteiger partial charge in [0, 0.05) is 18.2 Å². The van der Waals surface area contributed by atoms with E-state index in [1.807, 2.05) is 74.8 Å². The standard InChI is InChI=1S/C17H19NO2/c1-18(2)17(20-3,15-12-8-5-9-13-15)16(19)14-10-6-4-7-11-14/h4-13H,1-3H3. The second kappa shape index (κ2) is 5.99. The summed E-state index contributed by atoms with van der Waals surface area (Å²) in [7, 11) is 5.25. The van der Waals surface area contributed by atoms with Crippen LogP contribution in [0.4, 0.5) is 0 Å². The van der Waals surface area contributed by atoms with Crippen molar-refractivity contribution in [3.63, 3.8) is 0 Å². The molecule has 0 radical (unpaired) electrons. The van der Waals surface area contributed by atoms with Crippen molar-refractivity contribution in [2.24, 2.45) is 0 Å². The van der Waals surface area contributed by atoms with E-state index in [0.29, 0.717) is 5.56 Å². The van der Waals surface area contributed by atoms with E-state index in [4.69, 9.17) is 4.74 Å². The van der Waals surface area contributed by atoms with Gasteiger partial charge in [0.05, 0.1) is 0 Å². The third kappa shape index (κ3) is 2.38. The molecule has 0 aromatic heterocycles. The van der Waals surface area contributed by atoms with E-state index in [-0.39, 0.29) is 5.78 Å². The fourth-order valence-corrected chi connectivity index (χ4v) is 2.43. The van der Waals surface area contributed by atoms with Crippen molar-refractivity contribution in [1.29, 1.82) is 0 Å². The Morgan fingerprint density at radius 1 is 0.950 bits per heavy atom. The molecule has 1 atom stereocenters. The van der Waals surface area contributed by atoms with Crippen LogP contribution in [-0.2, 0) is 10.5 Å². The number of Topliss-reactive ketones (excluding diaryl/α,β-unsaturated/α-hetero) is 1. The molecule has 2 aromatic rings. The van der Waals surface area contributed by atoms with Crippen LogP contribution in [0.2, 0.25) is 0 Å². The quantitative estimate of drug-likeness (QED) is 0.617. The maximum atomic E-state index is 13.0. The molecule has 3 heteroatoms. The number of rotatable bonds is 5. The van der Waals surface area contributed by atoms with Gasteiger partial charge in [-0.2, -0.15) is 0 Å². The molecule has 0 spiro atoms. The lowest BCUT2D eigenvalue weighted by atomic mass is 9.92. The van der Waals surface area contributed by atoms with Gasteiger partial charge in [0.2, 0.25) is 11.5 Å². The number of hydrogen-bond acceptors (Lipinski definition) is 3. The molecule has 1 unspecified atom stereocenters. The molecule has 0 bridgehead atoms. The smallest absolute Gasteiger partial charge is 0.214 e. The second-order valence-electron chi connectivity index (χ2n) is 4.80. The van der Waals surface area contributed by atoms with Gasteiger partial charge >= 0.3 is 0 Å². The summed E-state index contributed by atoms with van der Waals surface area (Å²) < 4.78 is 5.68. The molecule has 0 saturated carbocycles. The SMILES string of the molecule is COC(C(=O)c1ccccc1)(c1ccccc1)N(C)C. The van der Waals surface area contributed by atoms with E-state index in [2.05, 4.69) is 0 Å². The molecule has 2 rings (SSSR count). The Morgan fingerprint density at radius 2 is 1.45 bits per heavy atom. The Kier molecular flexibility index (Phi) is 4.32. The second-order valence-corrected chi connectivity index (χ2v) is 4.80. The Bertz CT molecular complexity index is 566. The van der Waals surface area contributed by atoms with Crippen molar-refractivity contribution in [3.8, 4) is 0 Å². The Hall–Kier alpha value is -1.97. The van der Waals surface area contributed by atoms with E-state index in [0.717, 1.165) is 5.56 Å². The zero-order valence-corrected chi connectivity index (χ0v) is 12.0. The number of nitrogens with zero attached hydrogens (tertiary/aromatic N) is 1. The average Bonchev–Trinajstić information content (AvgIpc) is 2.50. The van der Waals surface area contributed by atoms with Crippen LogP contribution in [0.1, 0.15) is 15.9 Å². The third-order valence-corrected chi connectivity index (χ3v) is 3.43. The molecule has 0 aliphatic heterocycles. The van der Waals surface area contributed by atoms with E-state index >= 15 is 0 Å². The Labute approximate surface area is 119 Å². The molecule has 0 saturated heterocycles. The fraction of sp³-hybridized carbons (Fsp3) is 0.235. The number of ketones is 1. The first-order valence-corrected chi connectivity index (χ1v) is 6.51. The summed E-state index contributed by atoms with van der Waals surface area (Å²) in [4.78, 5) is 14.8. The summed E-state index contributed by atoms with van der Waals surface area (Å²) in [6, 6.07) is 18.8. The molecule has 0 N–H and O–H groups in total. The highest BCUT2D eigenvalue weighted by atomic mass is 16.5. The summed E-state index contributed by atoms with van der Waals surface area (Å²) in [6.07, 6.45) is 0. The number of carbonyl (C=O) groups excluding carboxylic acids is 1. The molecule has 3 nitrogen and oxygen atoms in total. The third-order valence-electron chi connectivity index (χ3n) is 3.43.